The Balaban J connectivity index is 3.15. The van der Waals surface area contributed by atoms with Gasteiger partial charge in [0, 0.05) is 30.4 Å². The summed E-state index contributed by atoms with van der Waals surface area (Å²) in [7, 11) is 1.58. The zero-order valence-corrected chi connectivity index (χ0v) is 11.5. The molecule has 0 saturated carbocycles. The summed E-state index contributed by atoms with van der Waals surface area (Å²) in [5.74, 6) is -1.56. The molecular formula is C13H18N2O4. The highest BCUT2D eigenvalue weighted by molar-refractivity contribution is 5.96. The monoisotopic (exact) mass is 266 g/mol. The van der Waals surface area contributed by atoms with Gasteiger partial charge in [-0.05, 0) is 26.8 Å². The molecule has 1 aromatic rings. The Morgan fingerprint density at radius 1 is 1.37 bits per heavy atom. The largest absolute Gasteiger partial charge is 0.480 e. The van der Waals surface area contributed by atoms with Gasteiger partial charge in [0.2, 0.25) is 0 Å². The number of hydrogen-bond donors (Lipinski definition) is 1. The predicted molar refractivity (Wildman–Crippen MR) is 70.1 cm³/mol. The SMILES string of the molecule is Cn1ccc(C(=O)N(CC(=O)O)C(C)(C)C)cc1=O. The highest BCUT2D eigenvalue weighted by atomic mass is 16.4. The Hall–Kier alpha value is -2.11. The third-order valence-electron chi connectivity index (χ3n) is 2.70. The molecule has 0 atom stereocenters. The van der Waals surface area contributed by atoms with Gasteiger partial charge in [0.25, 0.3) is 11.5 Å². The number of pyridine rings is 1. The number of aromatic nitrogens is 1. The Labute approximate surface area is 111 Å². The number of hydrogen-bond acceptors (Lipinski definition) is 3. The molecule has 19 heavy (non-hydrogen) atoms. The van der Waals surface area contributed by atoms with E-state index in [1.54, 1.807) is 27.8 Å². The van der Waals surface area contributed by atoms with E-state index in [-0.39, 0.29) is 11.1 Å². The normalized spacial score (nSPS) is 11.2. The van der Waals surface area contributed by atoms with Gasteiger partial charge in [-0.25, -0.2) is 0 Å². The zero-order chi connectivity index (χ0) is 14.8. The third kappa shape index (κ3) is 3.67. The molecule has 0 unspecified atom stereocenters. The van der Waals surface area contributed by atoms with Crippen LogP contribution in [0.25, 0.3) is 0 Å². The fourth-order valence-electron chi connectivity index (χ4n) is 1.59. The van der Waals surface area contributed by atoms with Crippen molar-refractivity contribution in [3.05, 3.63) is 34.2 Å². The lowest BCUT2D eigenvalue weighted by atomic mass is 10.0. The van der Waals surface area contributed by atoms with Crippen molar-refractivity contribution in [2.75, 3.05) is 6.54 Å². The maximum Gasteiger partial charge on any atom is 0.323 e. The van der Waals surface area contributed by atoms with Crippen molar-refractivity contribution in [2.45, 2.75) is 26.3 Å². The quantitative estimate of drug-likeness (QED) is 0.873. The van der Waals surface area contributed by atoms with Gasteiger partial charge >= 0.3 is 5.97 Å². The van der Waals surface area contributed by atoms with E-state index in [4.69, 9.17) is 5.11 Å². The molecule has 1 heterocycles. The number of rotatable bonds is 3. The number of carbonyl (C=O) groups is 2. The molecule has 0 fully saturated rings. The van der Waals surface area contributed by atoms with Gasteiger partial charge in [0.15, 0.2) is 0 Å². The van der Waals surface area contributed by atoms with E-state index < -0.39 is 24.0 Å². The molecule has 0 saturated heterocycles. The van der Waals surface area contributed by atoms with Gasteiger partial charge in [-0.15, -0.1) is 0 Å². The van der Waals surface area contributed by atoms with E-state index in [2.05, 4.69) is 0 Å². The first kappa shape index (κ1) is 14.9. The van der Waals surface area contributed by atoms with Crippen LogP contribution >= 0.6 is 0 Å². The molecule has 6 nitrogen and oxygen atoms in total. The second-order valence-corrected chi connectivity index (χ2v) is 5.32. The Kier molecular flexibility index (Phi) is 4.14. The van der Waals surface area contributed by atoms with Crippen LogP contribution < -0.4 is 5.56 Å². The minimum Gasteiger partial charge on any atom is -0.480 e. The van der Waals surface area contributed by atoms with Crippen molar-refractivity contribution in [2.24, 2.45) is 7.05 Å². The lowest BCUT2D eigenvalue weighted by molar-refractivity contribution is -0.138. The molecule has 1 amide bonds. The van der Waals surface area contributed by atoms with E-state index >= 15 is 0 Å². The second-order valence-electron chi connectivity index (χ2n) is 5.32. The molecule has 0 bridgehead atoms. The minimum atomic E-state index is -1.09. The van der Waals surface area contributed by atoms with E-state index in [9.17, 15) is 14.4 Å². The Bertz CT molecular complexity index is 554. The van der Waals surface area contributed by atoms with Crippen molar-refractivity contribution in [3.8, 4) is 0 Å². The number of carbonyl (C=O) groups excluding carboxylic acids is 1. The number of aliphatic carboxylic acids is 1. The zero-order valence-electron chi connectivity index (χ0n) is 11.5. The van der Waals surface area contributed by atoms with Gasteiger partial charge < -0.3 is 14.6 Å². The highest BCUT2D eigenvalue weighted by Gasteiger charge is 2.29. The summed E-state index contributed by atoms with van der Waals surface area (Å²) in [6.45, 7) is 4.83. The summed E-state index contributed by atoms with van der Waals surface area (Å²) >= 11 is 0. The van der Waals surface area contributed by atoms with Crippen molar-refractivity contribution in [3.63, 3.8) is 0 Å². The molecule has 1 rings (SSSR count). The number of aryl methyl sites for hydroxylation is 1. The molecule has 104 valence electrons. The Morgan fingerprint density at radius 2 is 1.95 bits per heavy atom. The summed E-state index contributed by atoms with van der Waals surface area (Å²) in [5, 5.41) is 8.88. The Morgan fingerprint density at radius 3 is 2.37 bits per heavy atom. The van der Waals surface area contributed by atoms with E-state index in [0.29, 0.717) is 0 Å². The van der Waals surface area contributed by atoms with Crippen molar-refractivity contribution < 1.29 is 14.7 Å². The fraction of sp³-hybridized carbons (Fsp3) is 0.462. The minimum absolute atomic E-state index is 0.194. The lowest BCUT2D eigenvalue weighted by Crippen LogP contribution is -2.48. The average molecular weight is 266 g/mol. The van der Waals surface area contributed by atoms with Crippen LogP contribution in [0.5, 0.6) is 0 Å². The molecule has 0 aliphatic rings. The van der Waals surface area contributed by atoms with Gasteiger partial charge in [-0.1, -0.05) is 0 Å². The maximum absolute atomic E-state index is 12.3. The first-order valence-electron chi connectivity index (χ1n) is 5.83. The predicted octanol–water partition coefficient (Wildman–Crippen LogP) is 0.711. The number of amides is 1. The van der Waals surface area contributed by atoms with Crippen LogP contribution in [0.15, 0.2) is 23.1 Å². The molecule has 0 aliphatic heterocycles. The summed E-state index contributed by atoms with van der Waals surface area (Å²) in [5.41, 5.74) is -0.759. The molecule has 0 aliphatic carbocycles. The van der Waals surface area contributed by atoms with Gasteiger partial charge in [-0.2, -0.15) is 0 Å². The van der Waals surface area contributed by atoms with Crippen molar-refractivity contribution in [1.29, 1.82) is 0 Å². The van der Waals surface area contributed by atoms with Crippen molar-refractivity contribution >= 4 is 11.9 Å². The van der Waals surface area contributed by atoms with E-state index in [0.717, 1.165) is 0 Å². The first-order valence-corrected chi connectivity index (χ1v) is 5.83. The maximum atomic E-state index is 12.3. The van der Waals surface area contributed by atoms with Crippen LogP contribution in [-0.2, 0) is 11.8 Å². The molecule has 0 spiro atoms. The lowest BCUT2D eigenvalue weighted by Gasteiger charge is -2.34. The molecular weight excluding hydrogens is 248 g/mol. The van der Waals surface area contributed by atoms with Gasteiger partial charge in [-0.3, -0.25) is 14.4 Å². The summed E-state index contributed by atoms with van der Waals surface area (Å²) in [6.07, 6.45) is 1.48. The second kappa shape index (κ2) is 5.26. The topological polar surface area (TPSA) is 79.6 Å². The number of carboxylic acids is 1. The molecule has 1 aromatic heterocycles. The van der Waals surface area contributed by atoms with Crippen LogP contribution in [-0.4, -0.2) is 38.5 Å². The third-order valence-corrected chi connectivity index (χ3v) is 2.70. The van der Waals surface area contributed by atoms with Crippen LogP contribution in [0.4, 0.5) is 0 Å². The van der Waals surface area contributed by atoms with E-state index in [1.165, 1.54) is 27.8 Å². The molecule has 1 N–H and O–H groups in total. The van der Waals surface area contributed by atoms with Crippen LogP contribution in [0.2, 0.25) is 0 Å². The average Bonchev–Trinajstić information content (AvgIpc) is 2.27. The molecule has 0 aromatic carbocycles. The summed E-state index contributed by atoms with van der Waals surface area (Å²) in [4.78, 5) is 35.9. The number of carboxylic acid groups (broad SMARTS) is 1. The van der Waals surface area contributed by atoms with Crippen LogP contribution in [0, 0.1) is 0 Å². The standard InChI is InChI=1S/C13H18N2O4/c1-13(2,3)15(8-11(17)18)12(19)9-5-6-14(4)10(16)7-9/h5-7H,8H2,1-4H3,(H,17,18). The fourth-order valence-corrected chi connectivity index (χ4v) is 1.59. The molecule has 0 radical (unpaired) electrons. The van der Waals surface area contributed by atoms with E-state index in [1.807, 2.05) is 0 Å². The number of nitrogens with zero attached hydrogens (tertiary/aromatic N) is 2. The summed E-state index contributed by atoms with van der Waals surface area (Å²) < 4.78 is 1.34. The van der Waals surface area contributed by atoms with Crippen molar-refractivity contribution in [1.82, 2.24) is 9.47 Å². The smallest absolute Gasteiger partial charge is 0.323 e. The van der Waals surface area contributed by atoms with Gasteiger partial charge in [0.05, 0.1) is 0 Å². The highest BCUT2D eigenvalue weighted by Crippen LogP contribution is 2.16. The van der Waals surface area contributed by atoms with Gasteiger partial charge in [0.1, 0.15) is 6.54 Å². The summed E-state index contributed by atoms with van der Waals surface area (Å²) in [6, 6.07) is 2.72. The van der Waals surface area contributed by atoms with Crippen LogP contribution in [0.1, 0.15) is 31.1 Å². The van der Waals surface area contributed by atoms with Crippen LogP contribution in [0.3, 0.4) is 0 Å². The molecule has 6 heteroatoms. The first-order chi connectivity index (χ1) is 8.62.